The van der Waals surface area contributed by atoms with Crippen molar-refractivity contribution in [3.05, 3.63) is 15.8 Å². The lowest BCUT2D eigenvalue weighted by atomic mass is 9.99. The second-order valence-electron chi connectivity index (χ2n) is 4.97. The first-order chi connectivity index (χ1) is 9.08. The third-order valence-electron chi connectivity index (χ3n) is 3.63. The molecule has 0 bridgehead atoms. The molecule has 1 atom stereocenters. The Morgan fingerprint density at radius 1 is 1.58 bits per heavy atom. The maximum atomic E-state index is 11.2. The van der Waals surface area contributed by atoms with Crippen LogP contribution in [0, 0.1) is 23.0 Å². The molecule has 7 heteroatoms. The summed E-state index contributed by atoms with van der Waals surface area (Å²) in [5, 5.41) is 24.8. The quantitative estimate of drug-likeness (QED) is 0.657. The van der Waals surface area contributed by atoms with E-state index in [4.69, 9.17) is 0 Å². The highest BCUT2D eigenvalue weighted by Crippen LogP contribution is 2.34. The molecule has 0 aliphatic carbocycles. The van der Waals surface area contributed by atoms with Gasteiger partial charge < -0.3 is 10.0 Å². The lowest BCUT2D eigenvalue weighted by molar-refractivity contribution is -0.384. The summed E-state index contributed by atoms with van der Waals surface area (Å²) in [4.78, 5) is 12.9. The second kappa shape index (κ2) is 5.56. The fraction of sp³-hybridized carbons (Fsp3) is 0.750. The summed E-state index contributed by atoms with van der Waals surface area (Å²) in [6.07, 6.45) is 1.91. The lowest BCUT2D eigenvalue weighted by Crippen LogP contribution is -2.38. The van der Waals surface area contributed by atoms with E-state index in [9.17, 15) is 15.2 Å². The van der Waals surface area contributed by atoms with Crippen molar-refractivity contribution >= 4 is 11.5 Å². The van der Waals surface area contributed by atoms with Crippen LogP contribution in [0.2, 0.25) is 0 Å². The topological polar surface area (TPSA) is 84.4 Å². The van der Waals surface area contributed by atoms with Gasteiger partial charge in [-0.1, -0.05) is 0 Å². The van der Waals surface area contributed by atoms with Crippen molar-refractivity contribution in [2.24, 2.45) is 5.92 Å². The largest absolute Gasteiger partial charge is 0.396 e. The number of hydrogen-bond donors (Lipinski definition) is 1. The van der Waals surface area contributed by atoms with E-state index in [1.54, 1.807) is 11.6 Å². The number of aliphatic hydroxyl groups excluding tert-OH is 1. The molecule has 2 heterocycles. The van der Waals surface area contributed by atoms with E-state index in [-0.39, 0.29) is 23.1 Å². The average Bonchev–Trinajstić information content (AvgIpc) is 2.75. The molecule has 2 rings (SSSR count). The maximum Gasteiger partial charge on any atom is 0.333 e. The summed E-state index contributed by atoms with van der Waals surface area (Å²) in [7, 11) is 0. The van der Waals surface area contributed by atoms with Crippen LogP contribution in [0.4, 0.5) is 11.5 Å². The van der Waals surface area contributed by atoms with E-state index in [1.165, 1.54) is 0 Å². The third kappa shape index (κ3) is 2.56. The molecule has 19 heavy (non-hydrogen) atoms. The van der Waals surface area contributed by atoms with Crippen LogP contribution in [-0.4, -0.2) is 39.5 Å². The Morgan fingerprint density at radius 3 is 2.89 bits per heavy atom. The summed E-state index contributed by atoms with van der Waals surface area (Å²) in [5.74, 6) is 0.775. The molecular formula is C12H20N4O3. The molecule has 1 aliphatic heterocycles. The zero-order valence-electron chi connectivity index (χ0n) is 11.4. The third-order valence-corrected chi connectivity index (χ3v) is 3.63. The minimum absolute atomic E-state index is 0.0976. The molecule has 1 aliphatic rings. The number of nitrogens with zero attached hydrogens (tertiary/aromatic N) is 4. The van der Waals surface area contributed by atoms with Gasteiger partial charge in [0.15, 0.2) is 0 Å². The van der Waals surface area contributed by atoms with Crippen LogP contribution in [0.15, 0.2) is 0 Å². The number of anilines is 1. The SMILES string of the molecule is CCn1nc(C)c([N+](=O)[O-])c1N1CCCC(CO)C1. The molecule has 1 aromatic heterocycles. The first kappa shape index (κ1) is 13.8. The first-order valence-electron chi connectivity index (χ1n) is 6.66. The molecule has 0 aromatic carbocycles. The number of aliphatic hydroxyl groups is 1. The molecule has 0 amide bonds. The van der Waals surface area contributed by atoms with Gasteiger partial charge in [0.25, 0.3) is 0 Å². The Hall–Kier alpha value is -1.63. The van der Waals surface area contributed by atoms with Crippen molar-refractivity contribution in [3.63, 3.8) is 0 Å². The van der Waals surface area contributed by atoms with Gasteiger partial charge in [0, 0.05) is 26.2 Å². The average molecular weight is 268 g/mol. The Morgan fingerprint density at radius 2 is 2.32 bits per heavy atom. The second-order valence-corrected chi connectivity index (χ2v) is 4.97. The Bertz CT molecular complexity index is 472. The Balaban J connectivity index is 2.39. The fourth-order valence-corrected chi connectivity index (χ4v) is 2.71. The van der Waals surface area contributed by atoms with Gasteiger partial charge in [0.1, 0.15) is 5.69 Å². The van der Waals surface area contributed by atoms with Gasteiger partial charge in [-0.3, -0.25) is 10.1 Å². The minimum atomic E-state index is -0.355. The number of aromatic nitrogens is 2. The van der Waals surface area contributed by atoms with Crippen LogP contribution in [0.1, 0.15) is 25.5 Å². The van der Waals surface area contributed by atoms with Gasteiger partial charge in [-0.25, -0.2) is 4.68 Å². The summed E-state index contributed by atoms with van der Waals surface area (Å²) < 4.78 is 1.69. The summed E-state index contributed by atoms with van der Waals surface area (Å²) in [6.45, 7) is 5.76. The standard InChI is InChI=1S/C12H20N4O3/c1-3-15-12(11(16(18)19)9(2)13-15)14-6-4-5-10(7-14)8-17/h10,17H,3-8H2,1-2H3. The number of aryl methyl sites for hydroxylation is 2. The lowest BCUT2D eigenvalue weighted by Gasteiger charge is -2.32. The number of nitro groups is 1. The van der Waals surface area contributed by atoms with E-state index in [0.717, 1.165) is 19.4 Å². The van der Waals surface area contributed by atoms with Gasteiger partial charge in [-0.2, -0.15) is 5.10 Å². The van der Waals surface area contributed by atoms with E-state index in [1.807, 2.05) is 11.8 Å². The molecule has 1 fully saturated rings. The molecule has 1 unspecified atom stereocenters. The highest BCUT2D eigenvalue weighted by molar-refractivity contribution is 5.61. The first-order valence-corrected chi connectivity index (χ1v) is 6.66. The predicted octanol–water partition coefficient (Wildman–Crippen LogP) is 1.33. The van der Waals surface area contributed by atoms with Crippen molar-refractivity contribution in [1.29, 1.82) is 0 Å². The molecule has 0 spiro atoms. The van der Waals surface area contributed by atoms with Crippen LogP contribution in [0.25, 0.3) is 0 Å². The fourth-order valence-electron chi connectivity index (χ4n) is 2.71. The Kier molecular flexibility index (Phi) is 4.04. The zero-order chi connectivity index (χ0) is 14.0. The van der Waals surface area contributed by atoms with Gasteiger partial charge in [-0.15, -0.1) is 0 Å². The maximum absolute atomic E-state index is 11.2. The summed E-state index contributed by atoms with van der Waals surface area (Å²) in [6, 6.07) is 0. The minimum Gasteiger partial charge on any atom is -0.396 e. The predicted molar refractivity (Wildman–Crippen MR) is 71.3 cm³/mol. The van der Waals surface area contributed by atoms with Crippen LogP contribution < -0.4 is 4.90 Å². The summed E-state index contributed by atoms with van der Waals surface area (Å²) in [5.41, 5.74) is 0.549. The van der Waals surface area contributed by atoms with Gasteiger partial charge >= 0.3 is 5.69 Å². The smallest absolute Gasteiger partial charge is 0.333 e. The number of rotatable bonds is 4. The molecule has 1 N–H and O–H groups in total. The van der Waals surface area contributed by atoms with E-state index < -0.39 is 0 Å². The van der Waals surface area contributed by atoms with Crippen molar-refractivity contribution in [3.8, 4) is 0 Å². The number of piperidine rings is 1. The zero-order valence-corrected chi connectivity index (χ0v) is 11.4. The van der Waals surface area contributed by atoms with E-state index >= 15 is 0 Å². The van der Waals surface area contributed by atoms with E-state index in [2.05, 4.69) is 5.10 Å². The Labute approximate surface area is 112 Å². The monoisotopic (exact) mass is 268 g/mol. The molecule has 0 saturated carbocycles. The van der Waals surface area contributed by atoms with Crippen LogP contribution in [0.3, 0.4) is 0 Å². The van der Waals surface area contributed by atoms with Gasteiger partial charge in [-0.05, 0) is 32.6 Å². The summed E-state index contributed by atoms with van der Waals surface area (Å²) >= 11 is 0. The highest BCUT2D eigenvalue weighted by Gasteiger charge is 2.31. The molecule has 0 radical (unpaired) electrons. The van der Waals surface area contributed by atoms with Crippen LogP contribution >= 0.6 is 0 Å². The van der Waals surface area contributed by atoms with Crippen molar-refractivity contribution in [2.45, 2.75) is 33.2 Å². The van der Waals surface area contributed by atoms with Crippen molar-refractivity contribution in [2.75, 3.05) is 24.6 Å². The van der Waals surface area contributed by atoms with Crippen molar-refractivity contribution < 1.29 is 10.0 Å². The van der Waals surface area contributed by atoms with Crippen LogP contribution in [-0.2, 0) is 6.54 Å². The molecule has 1 aromatic rings. The van der Waals surface area contributed by atoms with Gasteiger partial charge in [0.05, 0.1) is 4.92 Å². The normalized spacial score (nSPS) is 19.7. The molecule has 106 valence electrons. The van der Waals surface area contributed by atoms with E-state index in [0.29, 0.717) is 24.6 Å². The van der Waals surface area contributed by atoms with Gasteiger partial charge in [0.2, 0.25) is 5.82 Å². The van der Waals surface area contributed by atoms with Crippen molar-refractivity contribution in [1.82, 2.24) is 9.78 Å². The molecular weight excluding hydrogens is 248 g/mol. The number of hydrogen-bond acceptors (Lipinski definition) is 5. The molecule has 1 saturated heterocycles. The highest BCUT2D eigenvalue weighted by atomic mass is 16.6. The molecule has 7 nitrogen and oxygen atoms in total. The van der Waals surface area contributed by atoms with Crippen LogP contribution in [0.5, 0.6) is 0 Å².